The van der Waals surface area contributed by atoms with Crippen LogP contribution in [0.3, 0.4) is 0 Å². The van der Waals surface area contributed by atoms with Crippen molar-refractivity contribution < 1.29 is 0 Å². The van der Waals surface area contributed by atoms with Gasteiger partial charge in [0.2, 0.25) is 0 Å². The second kappa shape index (κ2) is 6.89. The summed E-state index contributed by atoms with van der Waals surface area (Å²) in [4.78, 5) is 0. The molecular weight excluding hydrogens is 302 g/mol. The van der Waals surface area contributed by atoms with Crippen LogP contribution in [0.25, 0.3) is 0 Å². The molecule has 1 atom stereocenters. The summed E-state index contributed by atoms with van der Waals surface area (Å²) >= 11 is 3.67. The summed E-state index contributed by atoms with van der Waals surface area (Å²) in [7, 11) is 2.02. The molecular formula is C15H26BrN3. The lowest BCUT2D eigenvalue weighted by atomic mass is 9.97. The van der Waals surface area contributed by atoms with E-state index in [1.165, 1.54) is 37.8 Å². The highest BCUT2D eigenvalue weighted by molar-refractivity contribution is 9.10. The van der Waals surface area contributed by atoms with Gasteiger partial charge in [-0.2, -0.15) is 5.10 Å². The molecule has 19 heavy (non-hydrogen) atoms. The Bertz CT molecular complexity index is 408. The minimum atomic E-state index is 0.261. The van der Waals surface area contributed by atoms with Crippen LogP contribution in [0.2, 0.25) is 0 Å². The Kier molecular flexibility index (Phi) is 5.46. The number of halogens is 1. The zero-order valence-corrected chi connectivity index (χ0v) is 13.7. The van der Waals surface area contributed by atoms with Gasteiger partial charge in [-0.05, 0) is 41.1 Å². The Morgan fingerprint density at radius 2 is 2.11 bits per heavy atom. The molecule has 0 bridgehead atoms. The third-order valence-electron chi connectivity index (χ3n) is 4.38. The molecule has 0 radical (unpaired) electrons. The predicted molar refractivity (Wildman–Crippen MR) is 83.2 cm³/mol. The molecule has 108 valence electrons. The maximum Gasteiger partial charge on any atom is 0.0766 e. The Labute approximate surface area is 125 Å². The summed E-state index contributed by atoms with van der Waals surface area (Å²) in [5, 5.41) is 4.53. The fraction of sp³-hybridized carbons (Fsp3) is 0.800. The molecule has 1 aliphatic rings. The van der Waals surface area contributed by atoms with E-state index in [-0.39, 0.29) is 6.04 Å². The van der Waals surface area contributed by atoms with Crippen LogP contribution in [-0.2, 0) is 19.9 Å². The third kappa shape index (κ3) is 3.82. The van der Waals surface area contributed by atoms with Crippen molar-refractivity contribution in [3.63, 3.8) is 0 Å². The Hall–Kier alpha value is -0.350. The van der Waals surface area contributed by atoms with Crippen LogP contribution in [0.5, 0.6) is 0 Å². The van der Waals surface area contributed by atoms with E-state index in [0.29, 0.717) is 0 Å². The van der Waals surface area contributed by atoms with E-state index in [1.54, 1.807) is 0 Å². The second-order valence-electron chi connectivity index (χ2n) is 5.88. The Balaban J connectivity index is 1.87. The highest BCUT2D eigenvalue weighted by Gasteiger charge is 2.18. The molecule has 1 saturated carbocycles. The molecule has 1 heterocycles. The molecule has 3 nitrogen and oxygen atoms in total. The van der Waals surface area contributed by atoms with Gasteiger partial charge in [-0.3, -0.25) is 4.68 Å². The van der Waals surface area contributed by atoms with Crippen molar-refractivity contribution in [2.24, 2.45) is 18.7 Å². The molecule has 0 aliphatic heterocycles. The van der Waals surface area contributed by atoms with Gasteiger partial charge < -0.3 is 5.73 Å². The van der Waals surface area contributed by atoms with E-state index in [0.717, 1.165) is 35.3 Å². The van der Waals surface area contributed by atoms with Crippen LogP contribution in [0.1, 0.15) is 56.8 Å². The van der Waals surface area contributed by atoms with Gasteiger partial charge in [0, 0.05) is 19.5 Å². The number of aryl methyl sites for hydroxylation is 2. The molecule has 1 unspecified atom stereocenters. The highest BCUT2D eigenvalue weighted by atomic mass is 79.9. The van der Waals surface area contributed by atoms with Gasteiger partial charge in [-0.25, -0.2) is 0 Å². The van der Waals surface area contributed by atoms with Crippen LogP contribution in [0, 0.1) is 5.92 Å². The maximum absolute atomic E-state index is 6.31. The minimum Gasteiger partial charge on any atom is -0.327 e. The van der Waals surface area contributed by atoms with Gasteiger partial charge in [0.05, 0.1) is 15.9 Å². The molecule has 2 rings (SSSR count). The molecule has 4 heteroatoms. The van der Waals surface area contributed by atoms with Crippen molar-refractivity contribution in [2.45, 2.75) is 64.3 Å². The lowest BCUT2D eigenvalue weighted by Gasteiger charge is -2.15. The van der Waals surface area contributed by atoms with Crippen LogP contribution in [-0.4, -0.2) is 15.8 Å². The van der Waals surface area contributed by atoms with Crippen molar-refractivity contribution in [3.8, 4) is 0 Å². The van der Waals surface area contributed by atoms with Gasteiger partial charge in [0.15, 0.2) is 0 Å². The third-order valence-corrected chi connectivity index (χ3v) is 5.29. The second-order valence-corrected chi connectivity index (χ2v) is 6.67. The van der Waals surface area contributed by atoms with Gasteiger partial charge in [-0.15, -0.1) is 0 Å². The number of rotatable bonds is 6. The maximum atomic E-state index is 6.31. The first-order chi connectivity index (χ1) is 9.11. The number of nitrogens with zero attached hydrogens (tertiary/aromatic N) is 2. The van der Waals surface area contributed by atoms with E-state index in [4.69, 9.17) is 5.73 Å². The molecule has 1 aromatic rings. The molecule has 0 amide bonds. The SMILES string of the molecule is CCc1nn(C)c(CC(N)CCC2CCCC2)c1Br. The zero-order chi connectivity index (χ0) is 13.8. The normalized spacial score (nSPS) is 18.1. The van der Waals surface area contributed by atoms with Gasteiger partial charge in [-0.1, -0.05) is 32.6 Å². The summed E-state index contributed by atoms with van der Waals surface area (Å²) < 4.78 is 3.15. The van der Waals surface area contributed by atoms with E-state index in [2.05, 4.69) is 28.0 Å². The van der Waals surface area contributed by atoms with Crippen molar-refractivity contribution in [3.05, 3.63) is 15.9 Å². The molecule has 0 saturated heterocycles. The van der Waals surface area contributed by atoms with Crippen molar-refractivity contribution in [2.75, 3.05) is 0 Å². The molecule has 1 aliphatic carbocycles. The van der Waals surface area contributed by atoms with Crippen molar-refractivity contribution in [1.82, 2.24) is 9.78 Å². The van der Waals surface area contributed by atoms with Crippen LogP contribution < -0.4 is 5.73 Å². The van der Waals surface area contributed by atoms with Crippen molar-refractivity contribution >= 4 is 15.9 Å². The lowest BCUT2D eigenvalue weighted by Crippen LogP contribution is -2.25. The van der Waals surface area contributed by atoms with Gasteiger partial charge in [0.1, 0.15) is 0 Å². The van der Waals surface area contributed by atoms with E-state index in [1.807, 2.05) is 11.7 Å². The topological polar surface area (TPSA) is 43.8 Å². The molecule has 1 aromatic heterocycles. The fourth-order valence-corrected chi connectivity index (χ4v) is 3.92. The number of aromatic nitrogens is 2. The highest BCUT2D eigenvalue weighted by Crippen LogP contribution is 2.29. The lowest BCUT2D eigenvalue weighted by molar-refractivity contribution is 0.443. The quantitative estimate of drug-likeness (QED) is 0.867. The first-order valence-corrected chi connectivity index (χ1v) is 8.37. The summed E-state index contributed by atoms with van der Waals surface area (Å²) in [6, 6.07) is 0.261. The van der Waals surface area contributed by atoms with Gasteiger partial charge >= 0.3 is 0 Å². The molecule has 1 fully saturated rings. The van der Waals surface area contributed by atoms with Gasteiger partial charge in [0.25, 0.3) is 0 Å². The Morgan fingerprint density at radius 1 is 1.42 bits per heavy atom. The average Bonchev–Trinajstić information content (AvgIpc) is 2.99. The molecule has 2 N–H and O–H groups in total. The largest absolute Gasteiger partial charge is 0.327 e. The smallest absolute Gasteiger partial charge is 0.0766 e. The van der Waals surface area contributed by atoms with E-state index >= 15 is 0 Å². The fourth-order valence-electron chi connectivity index (χ4n) is 3.14. The summed E-state index contributed by atoms with van der Waals surface area (Å²) in [6.45, 7) is 2.14. The van der Waals surface area contributed by atoms with Crippen LogP contribution >= 0.6 is 15.9 Å². The Morgan fingerprint density at radius 3 is 2.68 bits per heavy atom. The first kappa shape index (κ1) is 15.0. The number of hydrogen-bond acceptors (Lipinski definition) is 2. The first-order valence-electron chi connectivity index (χ1n) is 7.57. The average molecular weight is 328 g/mol. The van der Waals surface area contributed by atoms with E-state index < -0.39 is 0 Å². The van der Waals surface area contributed by atoms with Crippen molar-refractivity contribution in [1.29, 1.82) is 0 Å². The minimum absolute atomic E-state index is 0.261. The summed E-state index contributed by atoms with van der Waals surface area (Å²) in [6.07, 6.45) is 10.0. The zero-order valence-electron chi connectivity index (χ0n) is 12.2. The predicted octanol–water partition coefficient (Wildman–Crippen LogP) is 3.59. The monoisotopic (exact) mass is 327 g/mol. The standard InChI is InChI=1S/C15H26BrN3/c1-3-13-15(16)14(19(2)18-13)10-12(17)9-8-11-6-4-5-7-11/h11-12H,3-10,17H2,1-2H3. The van der Waals surface area contributed by atoms with Crippen LogP contribution in [0.15, 0.2) is 4.47 Å². The molecule has 0 aromatic carbocycles. The van der Waals surface area contributed by atoms with Crippen LogP contribution in [0.4, 0.5) is 0 Å². The number of hydrogen-bond donors (Lipinski definition) is 1. The molecule has 0 spiro atoms. The summed E-state index contributed by atoms with van der Waals surface area (Å²) in [5.41, 5.74) is 8.70. The summed E-state index contributed by atoms with van der Waals surface area (Å²) in [5.74, 6) is 0.937. The number of nitrogens with two attached hydrogens (primary N) is 1. The van der Waals surface area contributed by atoms with E-state index in [9.17, 15) is 0 Å².